The Kier molecular flexibility index (Phi) is 5.25. The summed E-state index contributed by atoms with van der Waals surface area (Å²) in [4.78, 5) is 10.3. The van der Waals surface area contributed by atoms with Crippen molar-refractivity contribution < 1.29 is 24.5 Å². The SMILES string of the molecule is NC(=O)OCC(O)COc1ccccc1CO. The van der Waals surface area contributed by atoms with Crippen molar-refractivity contribution in [1.29, 1.82) is 0 Å². The first-order valence-electron chi connectivity index (χ1n) is 5.05. The smallest absolute Gasteiger partial charge is 0.404 e. The Morgan fingerprint density at radius 3 is 2.71 bits per heavy atom. The van der Waals surface area contributed by atoms with E-state index in [1.54, 1.807) is 24.3 Å². The maximum Gasteiger partial charge on any atom is 0.404 e. The number of aliphatic hydroxyl groups excluding tert-OH is 2. The largest absolute Gasteiger partial charge is 0.490 e. The molecule has 1 aromatic rings. The Balaban J connectivity index is 2.41. The van der Waals surface area contributed by atoms with Gasteiger partial charge in [0.2, 0.25) is 0 Å². The predicted molar refractivity (Wildman–Crippen MR) is 59.4 cm³/mol. The van der Waals surface area contributed by atoms with E-state index in [1.165, 1.54) is 0 Å². The third kappa shape index (κ3) is 4.71. The van der Waals surface area contributed by atoms with Gasteiger partial charge in [-0.15, -0.1) is 0 Å². The lowest BCUT2D eigenvalue weighted by Gasteiger charge is -2.13. The van der Waals surface area contributed by atoms with Gasteiger partial charge in [-0.1, -0.05) is 18.2 Å². The predicted octanol–water partition coefficient (Wildman–Crippen LogP) is 0.0139. The van der Waals surface area contributed by atoms with Crippen molar-refractivity contribution in [1.82, 2.24) is 0 Å². The van der Waals surface area contributed by atoms with Gasteiger partial charge in [0, 0.05) is 5.56 Å². The number of primary amides is 1. The summed E-state index contributed by atoms with van der Waals surface area (Å²) in [5, 5.41) is 18.4. The summed E-state index contributed by atoms with van der Waals surface area (Å²) in [5.41, 5.74) is 5.37. The maximum atomic E-state index is 10.3. The minimum Gasteiger partial charge on any atom is -0.490 e. The molecule has 17 heavy (non-hydrogen) atoms. The van der Waals surface area contributed by atoms with Crippen molar-refractivity contribution in [3.8, 4) is 5.75 Å². The quantitative estimate of drug-likeness (QED) is 0.651. The molecule has 0 bridgehead atoms. The van der Waals surface area contributed by atoms with E-state index in [0.717, 1.165) is 0 Å². The van der Waals surface area contributed by atoms with E-state index in [1.807, 2.05) is 0 Å². The van der Waals surface area contributed by atoms with Crippen LogP contribution in [0.2, 0.25) is 0 Å². The van der Waals surface area contributed by atoms with E-state index >= 15 is 0 Å². The highest BCUT2D eigenvalue weighted by atomic mass is 16.6. The van der Waals surface area contributed by atoms with Gasteiger partial charge in [0.25, 0.3) is 0 Å². The number of carbonyl (C=O) groups is 1. The Morgan fingerprint density at radius 2 is 2.06 bits per heavy atom. The zero-order valence-electron chi connectivity index (χ0n) is 9.20. The van der Waals surface area contributed by atoms with Crippen LogP contribution in [0.15, 0.2) is 24.3 Å². The second-order valence-corrected chi connectivity index (χ2v) is 3.36. The van der Waals surface area contributed by atoms with Crippen LogP contribution in [0.5, 0.6) is 5.75 Å². The molecule has 1 amide bonds. The number of carbonyl (C=O) groups excluding carboxylic acids is 1. The molecule has 6 heteroatoms. The fourth-order valence-electron chi connectivity index (χ4n) is 1.19. The third-order valence-electron chi connectivity index (χ3n) is 1.99. The van der Waals surface area contributed by atoms with Crippen LogP contribution in [0.4, 0.5) is 4.79 Å². The molecule has 4 N–H and O–H groups in total. The van der Waals surface area contributed by atoms with E-state index < -0.39 is 12.2 Å². The highest BCUT2D eigenvalue weighted by Crippen LogP contribution is 2.17. The molecule has 0 aliphatic carbocycles. The van der Waals surface area contributed by atoms with Crippen LogP contribution in [0.3, 0.4) is 0 Å². The molecule has 0 saturated carbocycles. The van der Waals surface area contributed by atoms with E-state index in [-0.39, 0.29) is 19.8 Å². The molecule has 0 radical (unpaired) electrons. The van der Waals surface area contributed by atoms with Crippen molar-refractivity contribution in [2.24, 2.45) is 5.73 Å². The van der Waals surface area contributed by atoms with Gasteiger partial charge in [0.1, 0.15) is 25.1 Å². The molecule has 0 aliphatic rings. The molecule has 1 rings (SSSR count). The molecule has 1 unspecified atom stereocenters. The highest BCUT2D eigenvalue weighted by Gasteiger charge is 2.09. The van der Waals surface area contributed by atoms with Crippen LogP contribution in [-0.4, -0.2) is 35.6 Å². The van der Waals surface area contributed by atoms with Gasteiger partial charge in [-0.3, -0.25) is 0 Å². The van der Waals surface area contributed by atoms with Crippen molar-refractivity contribution in [2.75, 3.05) is 13.2 Å². The summed E-state index contributed by atoms with van der Waals surface area (Å²) in [5.74, 6) is 0.480. The summed E-state index contributed by atoms with van der Waals surface area (Å²) in [7, 11) is 0. The number of ether oxygens (including phenoxy) is 2. The summed E-state index contributed by atoms with van der Waals surface area (Å²) >= 11 is 0. The molecule has 1 atom stereocenters. The fraction of sp³-hybridized carbons (Fsp3) is 0.364. The Hall–Kier alpha value is -1.79. The molecule has 0 aromatic heterocycles. The first-order valence-corrected chi connectivity index (χ1v) is 5.05. The van der Waals surface area contributed by atoms with Gasteiger partial charge < -0.3 is 25.4 Å². The molecule has 1 aromatic carbocycles. The van der Waals surface area contributed by atoms with Gasteiger partial charge in [0.15, 0.2) is 0 Å². The zero-order chi connectivity index (χ0) is 12.7. The zero-order valence-corrected chi connectivity index (χ0v) is 9.20. The average Bonchev–Trinajstić information content (AvgIpc) is 2.34. The molecular formula is C11H15NO5. The van der Waals surface area contributed by atoms with Gasteiger partial charge in [-0.2, -0.15) is 0 Å². The lowest BCUT2D eigenvalue weighted by molar-refractivity contribution is 0.0414. The highest BCUT2D eigenvalue weighted by molar-refractivity contribution is 5.64. The third-order valence-corrected chi connectivity index (χ3v) is 1.99. The lowest BCUT2D eigenvalue weighted by atomic mass is 10.2. The minimum atomic E-state index is -0.964. The molecule has 0 saturated heterocycles. The molecule has 0 fully saturated rings. The molecule has 0 heterocycles. The number of rotatable bonds is 6. The fourth-order valence-corrected chi connectivity index (χ4v) is 1.19. The molecule has 94 valence electrons. The van der Waals surface area contributed by atoms with Crippen LogP contribution in [0.1, 0.15) is 5.56 Å². The van der Waals surface area contributed by atoms with Crippen molar-refractivity contribution >= 4 is 6.09 Å². The number of benzene rings is 1. The van der Waals surface area contributed by atoms with Crippen molar-refractivity contribution in [3.05, 3.63) is 29.8 Å². The van der Waals surface area contributed by atoms with Crippen LogP contribution in [0.25, 0.3) is 0 Å². The standard InChI is InChI=1S/C11H15NO5/c12-11(15)17-7-9(14)6-16-10-4-2-1-3-8(10)5-13/h1-4,9,13-14H,5-7H2,(H2,12,15). The number of para-hydroxylation sites is 1. The normalized spacial score (nSPS) is 11.9. The van der Waals surface area contributed by atoms with Crippen LogP contribution in [-0.2, 0) is 11.3 Å². The van der Waals surface area contributed by atoms with E-state index in [9.17, 15) is 9.90 Å². The van der Waals surface area contributed by atoms with E-state index in [2.05, 4.69) is 4.74 Å². The Labute approximate surface area is 98.6 Å². The summed E-state index contributed by atoms with van der Waals surface area (Å²) in [6, 6.07) is 6.90. The van der Waals surface area contributed by atoms with Crippen LogP contribution >= 0.6 is 0 Å². The maximum absolute atomic E-state index is 10.3. The molecule has 0 aliphatic heterocycles. The number of aliphatic hydroxyl groups is 2. The van der Waals surface area contributed by atoms with Gasteiger partial charge in [-0.25, -0.2) is 4.79 Å². The second-order valence-electron chi connectivity index (χ2n) is 3.36. The number of nitrogens with two attached hydrogens (primary N) is 1. The monoisotopic (exact) mass is 241 g/mol. The van der Waals surface area contributed by atoms with Crippen molar-refractivity contribution in [2.45, 2.75) is 12.7 Å². The van der Waals surface area contributed by atoms with Gasteiger partial charge in [0.05, 0.1) is 6.61 Å². The van der Waals surface area contributed by atoms with Gasteiger partial charge in [-0.05, 0) is 6.07 Å². The first-order chi connectivity index (χ1) is 8.13. The molecular weight excluding hydrogens is 226 g/mol. The van der Waals surface area contributed by atoms with Crippen LogP contribution < -0.4 is 10.5 Å². The summed E-state index contributed by atoms with van der Waals surface area (Å²) in [6.45, 7) is -0.426. The number of hydrogen-bond donors (Lipinski definition) is 3. The summed E-state index contributed by atoms with van der Waals surface area (Å²) < 4.78 is 9.69. The molecule has 6 nitrogen and oxygen atoms in total. The lowest BCUT2D eigenvalue weighted by Crippen LogP contribution is -2.27. The first kappa shape index (κ1) is 13.3. The van der Waals surface area contributed by atoms with Crippen molar-refractivity contribution in [3.63, 3.8) is 0 Å². The number of amides is 1. The average molecular weight is 241 g/mol. The van der Waals surface area contributed by atoms with E-state index in [4.69, 9.17) is 15.6 Å². The van der Waals surface area contributed by atoms with E-state index in [0.29, 0.717) is 11.3 Å². The topological polar surface area (TPSA) is 102 Å². The minimum absolute atomic E-state index is 0.0513. The Morgan fingerprint density at radius 1 is 1.35 bits per heavy atom. The van der Waals surface area contributed by atoms with Crippen LogP contribution in [0, 0.1) is 0 Å². The summed E-state index contributed by atoms with van der Waals surface area (Å²) in [6.07, 6.45) is -1.91. The Bertz CT molecular complexity index is 369. The number of hydrogen-bond acceptors (Lipinski definition) is 5. The second kappa shape index (κ2) is 6.72. The van der Waals surface area contributed by atoms with Gasteiger partial charge >= 0.3 is 6.09 Å². The molecule has 0 spiro atoms.